The molecule has 2 aromatic rings. The SMILES string of the molecule is N#Cc1ccc2c(Cl)c(CBr)sc2c1. The van der Waals surface area contributed by atoms with Gasteiger partial charge in [0.25, 0.3) is 0 Å². The quantitative estimate of drug-likeness (QED) is 0.716. The molecule has 0 N–H and O–H groups in total. The van der Waals surface area contributed by atoms with E-state index < -0.39 is 0 Å². The molecule has 1 heterocycles. The van der Waals surface area contributed by atoms with Crippen molar-refractivity contribution in [2.45, 2.75) is 5.33 Å². The summed E-state index contributed by atoms with van der Waals surface area (Å²) in [5, 5.41) is 11.3. The summed E-state index contributed by atoms with van der Waals surface area (Å²) >= 11 is 11.2. The molecule has 2 rings (SSSR count). The molecule has 70 valence electrons. The highest BCUT2D eigenvalue weighted by Crippen LogP contribution is 2.36. The monoisotopic (exact) mass is 285 g/mol. The third kappa shape index (κ3) is 1.54. The van der Waals surface area contributed by atoms with Gasteiger partial charge in [0.15, 0.2) is 0 Å². The summed E-state index contributed by atoms with van der Waals surface area (Å²) in [7, 11) is 0. The molecular weight excluding hydrogens is 282 g/mol. The second-order valence-electron chi connectivity index (χ2n) is 2.80. The van der Waals surface area contributed by atoms with E-state index in [4.69, 9.17) is 16.9 Å². The number of halogens is 2. The lowest BCUT2D eigenvalue weighted by Gasteiger charge is -1.90. The van der Waals surface area contributed by atoms with Crippen LogP contribution in [0.4, 0.5) is 0 Å². The number of nitriles is 1. The maximum atomic E-state index is 8.74. The van der Waals surface area contributed by atoms with Crippen LogP contribution in [-0.4, -0.2) is 0 Å². The van der Waals surface area contributed by atoms with Crippen molar-refractivity contribution in [1.82, 2.24) is 0 Å². The molecule has 0 atom stereocenters. The van der Waals surface area contributed by atoms with Gasteiger partial charge in [-0.3, -0.25) is 0 Å². The van der Waals surface area contributed by atoms with E-state index in [2.05, 4.69) is 22.0 Å². The first-order valence-electron chi connectivity index (χ1n) is 3.93. The average Bonchev–Trinajstić information content (AvgIpc) is 2.55. The lowest BCUT2D eigenvalue weighted by molar-refractivity contribution is 1.50. The number of fused-ring (bicyclic) bond motifs is 1. The Bertz CT molecular complexity index is 527. The van der Waals surface area contributed by atoms with Crippen molar-refractivity contribution in [3.8, 4) is 6.07 Å². The minimum absolute atomic E-state index is 0.677. The first-order chi connectivity index (χ1) is 6.76. The summed E-state index contributed by atoms with van der Waals surface area (Å²) < 4.78 is 1.07. The minimum Gasteiger partial charge on any atom is -0.192 e. The fourth-order valence-corrected chi connectivity index (χ4v) is 3.45. The second kappa shape index (κ2) is 3.90. The molecule has 14 heavy (non-hydrogen) atoms. The fourth-order valence-electron chi connectivity index (χ4n) is 1.27. The summed E-state index contributed by atoms with van der Waals surface area (Å²) in [4.78, 5) is 1.11. The van der Waals surface area contributed by atoms with Crippen LogP contribution in [0.1, 0.15) is 10.4 Å². The molecule has 0 saturated carbocycles. The maximum Gasteiger partial charge on any atom is 0.0992 e. The van der Waals surface area contributed by atoms with Gasteiger partial charge in [0.2, 0.25) is 0 Å². The average molecular weight is 287 g/mol. The molecule has 4 heteroatoms. The van der Waals surface area contributed by atoms with Gasteiger partial charge in [-0.15, -0.1) is 11.3 Å². The molecule has 0 aliphatic rings. The fraction of sp³-hybridized carbons (Fsp3) is 0.100. The van der Waals surface area contributed by atoms with Crippen LogP contribution >= 0.6 is 38.9 Å². The predicted octanol–water partition coefficient (Wildman–Crippen LogP) is 4.32. The van der Waals surface area contributed by atoms with Crippen molar-refractivity contribution in [1.29, 1.82) is 5.26 Å². The van der Waals surface area contributed by atoms with Crippen LogP contribution in [0.15, 0.2) is 18.2 Å². The second-order valence-corrected chi connectivity index (χ2v) is 4.87. The van der Waals surface area contributed by atoms with Crippen LogP contribution in [-0.2, 0) is 5.33 Å². The van der Waals surface area contributed by atoms with Gasteiger partial charge in [-0.05, 0) is 12.1 Å². The Labute approximate surface area is 99.0 Å². The normalized spacial score (nSPS) is 10.4. The van der Waals surface area contributed by atoms with E-state index in [0.717, 1.165) is 25.3 Å². The molecular formula is C10H5BrClNS. The lowest BCUT2D eigenvalue weighted by Crippen LogP contribution is -1.71. The largest absolute Gasteiger partial charge is 0.192 e. The number of thiophene rings is 1. The zero-order valence-corrected chi connectivity index (χ0v) is 10.2. The number of alkyl halides is 1. The van der Waals surface area contributed by atoms with Crippen molar-refractivity contribution in [2.24, 2.45) is 0 Å². The van der Waals surface area contributed by atoms with Crippen LogP contribution in [0.25, 0.3) is 10.1 Å². The third-order valence-electron chi connectivity index (χ3n) is 1.95. The number of rotatable bonds is 1. The smallest absolute Gasteiger partial charge is 0.0992 e. The van der Waals surface area contributed by atoms with Gasteiger partial charge in [-0.1, -0.05) is 33.6 Å². The Kier molecular flexibility index (Phi) is 2.78. The highest BCUT2D eigenvalue weighted by atomic mass is 79.9. The van der Waals surface area contributed by atoms with Gasteiger partial charge >= 0.3 is 0 Å². The van der Waals surface area contributed by atoms with Crippen LogP contribution in [0.3, 0.4) is 0 Å². The zero-order chi connectivity index (χ0) is 10.1. The molecule has 0 unspecified atom stereocenters. The van der Waals surface area contributed by atoms with E-state index in [1.807, 2.05) is 12.1 Å². The number of nitrogens with zero attached hydrogens (tertiary/aromatic N) is 1. The van der Waals surface area contributed by atoms with E-state index >= 15 is 0 Å². The topological polar surface area (TPSA) is 23.8 Å². The van der Waals surface area contributed by atoms with E-state index in [-0.39, 0.29) is 0 Å². The number of hydrogen-bond donors (Lipinski definition) is 0. The van der Waals surface area contributed by atoms with Gasteiger partial charge in [0.05, 0.1) is 16.7 Å². The van der Waals surface area contributed by atoms with Gasteiger partial charge in [-0.2, -0.15) is 5.26 Å². The number of hydrogen-bond acceptors (Lipinski definition) is 2. The zero-order valence-electron chi connectivity index (χ0n) is 7.05. The first kappa shape index (κ1) is 9.97. The Morgan fingerprint density at radius 2 is 2.29 bits per heavy atom. The van der Waals surface area contributed by atoms with Gasteiger partial charge < -0.3 is 0 Å². The highest BCUT2D eigenvalue weighted by Gasteiger charge is 2.09. The maximum absolute atomic E-state index is 8.74. The van der Waals surface area contributed by atoms with Gasteiger partial charge in [0.1, 0.15) is 0 Å². The molecule has 0 amide bonds. The molecule has 1 aromatic heterocycles. The summed E-state index contributed by atoms with van der Waals surface area (Å²) in [5.74, 6) is 0. The van der Waals surface area contributed by atoms with Crippen LogP contribution in [0.5, 0.6) is 0 Å². The molecule has 0 spiro atoms. The first-order valence-corrected chi connectivity index (χ1v) is 6.25. The molecule has 0 aliphatic heterocycles. The minimum atomic E-state index is 0.677. The van der Waals surface area contributed by atoms with Crippen molar-refractivity contribution in [3.63, 3.8) is 0 Å². The molecule has 0 radical (unpaired) electrons. The summed E-state index contributed by atoms with van der Waals surface area (Å²) in [6.07, 6.45) is 0. The molecule has 0 aliphatic carbocycles. The molecule has 1 nitrogen and oxygen atoms in total. The van der Waals surface area contributed by atoms with E-state index in [1.165, 1.54) is 0 Å². The van der Waals surface area contributed by atoms with Crippen molar-refractivity contribution >= 4 is 49.0 Å². The molecule has 1 aromatic carbocycles. The van der Waals surface area contributed by atoms with E-state index in [1.54, 1.807) is 17.4 Å². The Balaban J connectivity index is 2.74. The van der Waals surface area contributed by atoms with Crippen molar-refractivity contribution in [2.75, 3.05) is 0 Å². The van der Waals surface area contributed by atoms with Crippen LogP contribution < -0.4 is 0 Å². The van der Waals surface area contributed by atoms with Crippen LogP contribution in [0, 0.1) is 11.3 Å². The molecule has 0 fully saturated rings. The van der Waals surface area contributed by atoms with E-state index in [9.17, 15) is 0 Å². The van der Waals surface area contributed by atoms with Crippen molar-refractivity contribution in [3.05, 3.63) is 33.7 Å². The van der Waals surface area contributed by atoms with Gasteiger partial charge in [-0.25, -0.2) is 0 Å². The predicted molar refractivity (Wildman–Crippen MR) is 64.2 cm³/mol. The third-order valence-corrected chi connectivity index (χ3v) is 4.57. The van der Waals surface area contributed by atoms with Gasteiger partial charge in [0, 0.05) is 20.3 Å². The Hall–Kier alpha value is -0.560. The highest BCUT2D eigenvalue weighted by molar-refractivity contribution is 9.08. The summed E-state index contributed by atoms with van der Waals surface area (Å²) in [6.45, 7) is 0. The molecule has 0 saturated heterocycles. The van der Waals surface area contributed by atoms with Crippen molar-refractivity contribution < 1.29 is 0 Å². The Morgan fingerprint density at radius 3 is 2.93 bits per heavy atom. The lowest BCUT2D eigenvalue weighted by atomic mass is 10.2. The number of benzene rings is 1. The summed E-state index contributed by atoms with van der Waals surface area (Å²) in [6, 6.07) is 7.68. The Morgan fingerprint density at radius 1 is 1.50 bits per heavy atom. The summed E-state index contributed by atoms with van der Waals surface area (Å²) in [5.41, 5.74) is 0.677. The van der Waals surface area contributed by atoms with E-state index in [0.29, 0.717) is 5.56 Å². The molecule has 0 bridgehead atoms. The standard InChI is InChI=1S/C10H5BrClNS/c11-4-9-10(12)7-2-1-6(5-13)3-8(7)14-9/h1-3H,4H2. The van der Waals surface area contributed by atoms with Crippen LogP contribution in [0.2, 0.25) is 5.02 Å².